The van der Waals surface area contributed by atoms with E-state index in [-0.39, 0.29) is 36.2 Å². The third kappa shape index (κ3) is 11.1. The van der Waals surface area contributed by atoms with Crippen LogP contribution in [0, 0.1) is 5.92 Å². The van der Waals surface area contributed by atoms with Gasteiger partial charge in [0, 0.05) is 31.0 Å². The Hall–Kier alpha value is -4.21. The van der Waals surface area contributed by atoms with Gasteiger partial charge in [-0.25, -0.2) is 28.3 Å². The molecular weight excluding hydrogens is 684 g/mol. The van der Waals surface area contributed by atoms with Crippen molar-refractivity contribution in [2.24, 2.45) is 21.6 Å². The lowest BCUT2D eigenvalue weighted by Crippen LogP contribution is -2.41. The number of nitrogens with zero attached hydrogens (tertiary/aromatic N) is 7. The van der Waals surface area contributed by atoms with Crippen molar-refractivity contribution in [3.63, 3.8) is 0 Å². The van der Waals surface area contributed by atoms with E-state index >= 15 is 0 Å². The number of alkyl halides is 2. The first-order chi connectivity index (χ1) is 24.5. The number of anilines is 2. The van der Waals surface area contributed by atoms with Crippen LogP contribution in [0.5, 0.6) is 11.6 Å². The SMILES string of the molecule is COCC(F)(F)COc1nn(C2CCC(C=[N+]3C[C@@H](C)O[C@@H](C)C3)CC2)cc1Nc1ncc(-c2ccc(Cl)c(O[C@@H](C)CN=CN=CN)c2)cn1. The fourth-order valence-electron chi connectivity index (χ4n) is 6.30. The van der Waals surface area contributed by atoms with Crippen molar-refractivity contribution < 1.29 is 32.3 Å². The third-order valence-corrected chi connectivity index (χ3v) is 8.86. The molecule has 3 heterocycles. The van der Waals surface area contributed by atoms with E-state index in [1.165, 1.54) is 13.4 Å². The maximum absolute atomic E-state index is 14.3. The highest BCUT2D eigenvalue weighted by Gasteiger charge is 2.32. The normalized spacial score (nSPS) is 22.8. The maximum Gasteiger partial charge on any atom is 0.304 e. The minimum absolute atomic E-state index is 0.0382. The molecule has 5 rings (SSSR count). The number of ether oxygens (including phenoxy) is 4. The molecule has 2 aliphatic rings. The third-order valence-electron chi connectivity index (χ3n) is 8.55. The molecule has 3 N–H and O–H groups in total. The van der Waals surface area contributed by atoms with Crippen molar-refractivity contribution in [2.75, 3.05) is 45.3 Å². The fourth-order valence-corrected chi connectivity index (χ4v) is 6.47. The van der Waals surface area contributed by atoms with Gasteiger partial charge < -0.3 is 30.0 Å². The lowest BCUT2D eigenvalue weighted by molar-refractivity contribution is -0.564. The van der Waals surface area contributed by atoms with Crippen LogP contribution in [0.2, 0.25) is 5.02 Å². The predicted molar refractivity (Wildman–Crippen MR) is 193 cm³/mol. The molecule has 16 heteroatoms. The number of aliphatic imine (C=N–C) groups is 2. The van der Waals surface area contributed by atoms with Crippen LogP contribution in [0.4, 0.5) is 20.4 Å². The smallest absolute Gasteiger partial charge is 0.304 e. The van der Waals surface area contributed by atoms with Crippen LogP contribution >= 0.6 is 11.6 Å². The van der Waals surface area contributed by atoms with E-state index in [9.17, 15) is 8.78 Å². The van der Waals surface area contributed by atoms with Gasteiger partial charge in [0.1, 0.15) is 48.9 Å². The van der Waals surface area contributed by atoms with Crippen LogP contribution in [-0.2, 0) is 9.47 Å². The molecule has 0 spiro atoms. The van der Waals surface area contributed by atoms with Crippen LogP contribution in [0.25, 0.3) is 11.1 Å². The van der Waals surface area contributed by atoms with Gasteiger partial charge >= 0.3 is 5.92 Å². The molecule has 1 aliphatic carbocycles. The summed E-state index contributed by atoms with van der Waals surface area (Å²) in [4.78, 5) is 16.8. The summed E-state index contributed by atoms with van der Waals surface area (Å²) in [5, 5.41) is 8.17. The highest BCUT2D eigenvalue weighted by Crippen LogP contribution is 2.36. The van der Waals surface area contributed by atoms with Gasteiger partial charge in [-0.3, -0.25) is 9.67 Å². The first-order valence-corrected chi connectivity index (χ1v) is 17.5. The quantitative estimate of drug-likeness (QED) is 0.113. The molecule has 0 bridgehead atoms. The first kappa shape index (κ1) is 38.0. The average Bonchev–Trinajstić information content (AvgIpc) is 3.49. The number of nitrogens with one attached hydrogen (secondary N) is 1. The molecule has 0 amide bonds. The average molecular weight is 731 g/mol. The van der Waals surface area contributed by atoms with Crippen LogP contribution in [0.1, 0.15) is 52.5 Å². The van der Waals surface area contributed by atoms with Crippen LogP contribution in [0.3, 0.4) is 0 Å². The van der Waals surface area contributed by atoms with Crippen molar-refractivity contribution in [1.82, 2.24) is 19.7 Å². The monoisotopic (exact) mass is 730 g/mol. The Bertz CT molecular complexity index is 1650. The number of benzene rings is 1. The molecule has 51 heavy (non-hydrogen) atoms. The van der Waals surface area contributed by atoms with Gasteiger partial charge in [-0.15, -0.1) is 5.10 Å². The topological polar surface area (TPSA) is 146 Å². The van der Waals surface area contributed by atoms with Crippen LogP contribution in [0.15, 0.2) is 46.8 Å². The number of aromatic nitrogens is 4. The summed E-state index contributed by atoms with van der Waals surface area (Å²) < 4.78 is 55.0. The van der Waals surface area contributed by atoms with Crippen molar-refractivity contribution in [3.05, 3.63) is 41.8 Å². The zero-order valence-corrected chi connectivity index (χ0v) is 30.2. The van der Waals surface area contributed by atoms with Gasteiger partial charge in [0.15, 0.2) is 19.7 Å². The summed E-state index contributed by atoms with van der Waals surface area (Å²) in [7, 11) is 1.22. The number of nitrogens with two attached hydrogens (primary N) is 1. The van der Waals surface area contributed by atoms with E-state index in [1.54, 1.807) is 30.7 Å². The first-order valence-electron chi connectivity index (χ1n) is 17.1. The van der Waals surface area contributed by atoms with Crippen molar-refractivity contribution >= 4 is 42.1 Å². The fraction of sp³-hybridized carbons (Fsp3) is 0.543. The number of halogens is 3. The van der Waals surface area contributed by atoms with E-state index in [1.807, 2.05) is 17.7 Å². The van der Waals surface area contributed by atoms with Gasteiger partial charge in [-0.2, -0.15) is 0 Å². The van der Waals surface area contributed by atoms with Crippen molar-refractivity contribution in [3.8, 4) is 22.8 Å². The Labute approximate surface area is 301 Å². The second-order valence-electron chi connectivity index (χ2n) is 13.1. The standard InChI is InChI=1S/C35H47ClF2N9O4/c1-23(12-40-22-41-21-39)51-32-11-27(7-10-30(32)36)28-13-42-34(43-14-28)44-31-18-47(45-33(31)49-20-35(37,38)19-48-4)29-8-5-26(6-9-29)17-46-15-24(2)50-25(3)16-46/h7,10-11,13-14,17-18,21-26,29H,5-6,8-9,12,15-16,19-20H2,1-4H3,(H2,39,40,41)(H,42,43,44)/q+1/t23-,24-,25+,26?,29?/m0/s1. The number of methoxy groups -OCH3 is 1. The molecule has 1 saturated carbocycles. The van der Waals surface area contributed by atoms with Gasteiger partial charge in [-0.1, -0.05) is 17.7 Å². The summed E-state index contributed by atoms with van der Waals surface area (Å²) in [6, 6.07) is 5.47. The van der Waals surface area contributed by atoms with E-state index in [0.717, 1.165) is 50.7 Å². The number of rotatable bonds is 15. The highest BCUT2D eigenvalue weighted by molar-refractivity contribution is 6.32. The van der Waals surface area contributed by atoms with Gasteiger partial charge in [-0.05, 0) is 64.2 Å². The number of morpholine rings is 1. The van der Waals surface area contributed by atoms with Gasteiger partial charge in [0.2, 0.25) is 5.95 Å². The molecule has 1 aliphatic heterocycles. The summed E-state index contributed by atoms with van der Waals surface area (Å²) in [5.41, 5.74) is 7.11. The van der Waals surface area contributed by atoms with Gasteiger partial charge in [0.05, 0.1) is 30.1 Å². The minimum Gasteiger partial charge on any atom is -0.487 e. The molecule has 1 aromatic carbocycles. The van der Waals surface area contributed by atoms with Crippen LogP contribution < -0.4 is 20.5 Å². The number of hydrogen-bond acceptors (Lipinski definition) is 9. The highest BCUT2D eigenvalue weighted by atomic mass is 35.5. The summed E-state index contributed by atoms with van der Waals surface area (Å²) in [6.07, 6.45) is 13.9. The van der Waals surface area contributed by atoms with Crippen molar-refractivity contribution in [2.45, 2.75) is 76.7 Å². The molecule has 0 radical (unpaired) electrons. The molecular formula is C35H47ClF2N9O4+. The molecule has 0 unspecified atom stereocenters. The van der Waals surface area contributed by atoms with E-state index in [4.69, 9.17) is 31.5 Å². The van der Waals surface area contributed by atoms with E-state index < -0.39 is 19.1 Å². The minimum atomic E-state index is -3.19. The summed E-state index contributed by atoms with van der Waals surface area (Å²) in [6.45, 7) is 6.57. The van der Waals surface area contributed by atoms with Crippen LogP contribution in [-0.4, -0.2) is 107 Å². The Morgan fingerprint density at radius 2 is 1.86 bits per heavy atom. The molecule has 2 aromatic heterocycles. The second-order valence-corrected chi connectivity index (χ2v) is 13.5. The summed E-state index contributed by atoms with van der Waals surface area (Å²) in [5.74, 6) is -1.96. The maximum atomic E-state index is 14.3. The zero-order valence-electron chi connectivity index (χ0n) is 29.4. The largest absolute Gasteiger partial charge is 0.487 e. The molecule has 2 fully saturated rings. The Balaban J connectivity index is 1.27. The predicted octanol–water partition coefficient (Wildman–Crippen LogP) is 5.80. The van der Waals surface area contributed by atoms with Crippen molar-refractivity contribution in [1.29, 1.82) is 0 Å². The Morgan fingerprint density at radius 1 is 1.14 bits per heavy atom. The van der Waals surface area contributed by atoms with E-state index in [2.05, 4.69) is 59.7 Å². The molecule has 1 saturated heterocycles. The van der Waals surface area contributed by atoms with Gasteiger partial charge in [0.25, 0.3) is 5.88 Å². The lowest BCUT2D eigenvalue weighted by Gasteiger charge is -2.28. The summed E-state index contributed by atoms with van der Waals surface area (Å²) >= 11 is 6.40. The second kappa shape index (κ2) is 17.8. The molecule has 3 aromatic rings. The Morgan fingerprint density at radius 3 is 2.55 bits per heavy atom. The molecule has 276 valence electrons. The van der Waals surface area contributed by atoms with E-state index in [0.29, 0.717) is 34.5 Å². The number of hydrogen-bond donors (Lipinski definition) is 2. The Kier molecular flexibility index (Phi) is 13.3. The molecule has 13 nitrogen and oxygen atoms in total. The molecule has 3 atom stereocenters. The zero-order chi connectivity index (χ0) is 36.4. The lowest BCUT2D eigenvalue weighted by atomic mass is 9.86.